The Balaban J connectivity index is 1.73. The van der Waals surface area contributed by atoms with Crippen LogP contribution in [0, 0.1) is 5.92 Å². The van der Waals surface area contributed by atoms with Gasteiger partial charge in [-0.2, -0.15) is 5.10 Å². The molecule has 0 bridgehead atoms. The summed E-state index contributed by atoms with van der Waals surface area (Å²) in [5.74, 6) is 0.965. The summed E-state index contributed by atoms with van der Waals surface area (Å²) in [7, 11) is 1.91. The van der Waals surface area contributed by atoms with Crippen LogP contribution in [0.1, 0.15) is 18.5 Å². The van der Waals surface area contributed by atoms with E-state index in [-0.39, 0.29) is 0 Å². The lowest BCUT2D eigenvalue weighted by Crippen LogP contribution is -2.42. The number of Topliss-reactive ketones (excluding diaryl/α,β-unsaturated/α-hetero) is 1. The standard InChI is InChI=1S/C11H17N3O/c1-14-10(4-5-13-14)2-3-11(15)6-9-7-12-8-9/h4-5,9,12H,2-3,6-8H2,1H3. The van der Waals surface area contributed by atoms with Gasteiger partial charge >= 0.3 is 0 Å². The minimum Gasteiger partial charge on any atom is -0.316 e. The topological polar surface area (TPSA) is 46.9 Å². The quantitative estimate of drug-likeness (QED) is 0.766. The minimum atomic E-state index is 0.378. The molecule has 0 radical (unpaired) electrons. The second-order valence-corrected chi connectivity index (χ2v) is 4.21. The number of aryl methyl sites for hydroxylation is 2. The monoisotopic (exact) mass is 207 g/mol. The SMILES string of the molecule is Cn1nccc1CCC(=O)CC1CNC1. The van der Waals surface area contributed by atoms with Gasteiger partial charge in [-0.25, -0.2) is 0 Å². The highest BCUT2D eigenvalue weighted by molar-refractivity contribution is 5.79. The zero-order chi connectivity index (χ0) is 10.7. The largest absolute Gasteiger partial charge is 0.316 e. The van der Waals surface area contributed by atoms with Gasteiger partial charge in [-0.15, -0.1) is 0 Å². The molecule has 1 aliphatic heterocycles. The second kappa shape index (κ2) is 4.57. The summed E-state index contributed by atoms with van der Waals surface area (Å²) in [6.07, 6.45) is 3.98. The lowest BCUT2D eigenvalue weighted by molar-refractivity contribution is -0.120. The third-order valence-electron chi connectivity index (χ3n) is 2.96. The normalized spacial score (nSPS) is 16.3. The van der Waals surface area contributed by atoms with Gasteiger partial charge in [-0.05, 0) is 31.5 Å². The molecule has 0 aromatic carbocycles. The molecule has 4 heteroatoms. The number of carbonyl (C=O) groups is 1. The summed E-state index contributed by atoms with van der Waals surface area (Å²) in [5, 5.41) is 7.26. The van der Waals surface area contributed by atoms with E-state index in [4.69, 9.17) is 0 Å². The van der Waals surface area contributed by atoms with E-state index in [2.05, 4.69) is 10.4 Å². The first kappa shape index (κ1) is 10.4. The van der Waals surface area contributed by atoms with Crippen molar-refractivity contribution in [3.8, 4) is 0 Å². The number of hydrogen-bond acceptors (Lipinski definition) is 3. The van der Waals surface area contributed by atoms with Gasteiger partial charge in [0.05, 0.1) is 0 Å². The summed E-state index contributed by atoms with van der Waals surface area (Å²) in [4.78, 5) is 11.6. The maximum Gasteiger partial charge on any atom is 0.133 e. The predicted molar refractivity (Wildman–Crippen MR) is 57.5 cm³/mol. The van der Waals surface area contributed by atoms with Crippen molar-refractivity contribution in [3.05, 3.63) is 18.0 Å². The van der Waals surface area contributed by atoms with Crippen LogP contribution in [0.2, 0.25) is 0 Å². The molecule has 0 amide bonds. The van der Waals surface area contributed by atoms with E-state index in [9.17, 15) is 4.79 Å². The molecule has 0 saturated carbocycles. The van der Waals surface area contributed by atoms with Crippen LogP contribution in [-0.4, -0.2) is 28.7 Å². The molecule has 0 unspecified atom stereocenters. The summed E-state index contributed by atoms with van der Waals surface area (Å²) in [5.41, 5.74) is 1.13. The maximum absolute atomic E-state index is 11.6. The van der Waals surface area contributed by atoms with Gasteiger partial charge in [-0.1, -0.05) is 0 Å². The zero-order valence-corrected chi connectivity index (χ0v) is 9.07. The third kappa shape index (κ3) is 2.65. The number of hydrogen-bond donors (Lipinski definition) is 1. The molecule has 0 spiro atoms. The summed E-state index contributed by atoms with van der Waals surface area (Å²) >= 11 is 0. The van der Waals surface area contributed by atoms with E-state index >= 15 is 0 Å². The highest BCUT2D eigenvalue weighted by Gasteiger charge is 2.19. The average molecular weight is 207 g/mol. The number of aromatic nitrogens is 2. The summed E-state index contributed by atoms with van der Waals surface area (Å²) in [6.45, 7) is 2.02. The molecule has 1 aromatic rings. The molecule has 1 saturated heterocycles. The van der Waals surface area contributed by atoms with Crippen molar-refractivity contribution in [2.75, 3.05) is 13.1 Å². The minimum absolute atomic E-state index is 0.378. The van der Waals surface area contributed by atoms with Crippen LogP contribution in [0.25, 0.3) is 0 Å². The van der Waals surface area contributed by atoms with Gasteiger partial charge in [0.1, 0.15) is 5.78 Å². The first-order chi connectivity index (χ1) is 7.25. The highest BCUT2D eigenvalue weighted by atomic mass is 16.1. The maximum atomic E-state index is 11.6. The van der Waals surface area contributed by atoms with Crippen LogP contribution in [-0.2, 0) is 18.3 Å². The van der Waals surface area contributed by atoms with E-state index in [0.717, 1.165) is 31.6 Å². The lowest BCUT2D eigenvalue weighted by atomic mass is 9.95. The Labute approximate surface area is 89.7 Å². The fourth-order valence-corrected chi connectivity index (χ4v) is 1.83. The Morgan fingerprint density at radius 3 is 3.00 bits per heavy atom. The predicted octanol–water partition coefficient (Wildman–Crippen LogP) is 0.531. The number of rotatable bonds is 5. The first-order valence-electron chi connectivity index (χ1n) is 5.45. The Morgan fingerprint density at radius 1 is 1.67 bits per heavy atom. The molecule has 1 aliphatic rings. The average Bonchev–Trinajstić information content (AvgIpc) is 2.55. The highest BCUT2D eigenvalue weighted by Crippen LogP contribution is 2.11. The zero-order valence-electron chi connectivity index (χ0n) is 9.07. The van der Waals surface area contributed by atoms with Crippen molar-refractivity contribution >= 4 is 5.78 Å². The van der Waals surface area contributed by atoms with Crippen LogP contribution < -0.4 is 5.32 Å². The van der Waals surface area contributed by atoms with E-state index in [1.54, 1.807) is 6.20 Å². The Hall–Kier alpha value is -1.16. The van der Waals surface area contributed by atoms with Crippen LogP contribution >= 0.6 is 0 Å². The van der Waals surface area contributed by atoms with Crippen molar-refractivity contribution < 1.29 is 4.79 Å². The third-order valence-corrected chi connectivity index (χ3v) is 2.96. The molecule has 1 fully saturated rings. The number of carbonyl (C=O) groups excluding carboxylic acids is 1. The molecular formula is C11H17N3O. The van der Waals surface area contributed by atoms with Gasteiger partial charge < -0.3 is 5.32 Å². The first-order valence-corrected chi connectivity index (χ1v) is 5.45. The number of nitrogens with zero attached hydrogens (tertiary/aromatic N) is 2. The number of ketones is 1. The Kier molecular flexibility index (Phi) is 3.16. The number of nitrogens with one attached hydrogen (secondary N) is 1. The summed E-state index contributed by atoms with van der Waals surface area (Å²) in [6, 6.07) is 1.97. The molecule has 0 aliphatic carbocycles. The van der Waals surface area contributed by atoms with Crippen molar-refractivity contribution in [2.45, 2.75) is 19.3 Å². The lowest BCUT2D eigenvalue weighted by Gasteiger charge is -2.26. The molecule has 2 rings (SSSR count). The molecule has 0 atom stereocenters. The van der Waals surface area contributed by atoms with Gasteiger partial charge in [-0.3, -0.25) is 9.48 Å². The molecular weight excluding hydrogens is 190 g/mol. The van der Waals surface area contributed by atoms with Crippen LogP contribution in [0.4, 0.5) is 0 Å². The van der Waals surface area contributed by atoms with Crippen molar-refractivity contribution in [3.63, 3.8) is 0 Å². The van der Waals surface area contributed by atoms with Crippen molar-refractivity contribution in [2.24, 2.45) is 13.0 Å². The molecule has 4 nitrogen and oxygen atoms in total. The van der Waals surface area contributed by atoms with Crippen LogP contribution in [0.3, 0.4) is 0 Å². The molecule has 1 N–H and O–H groups in total. The van der Waals surface area contributed by atoms with Crippen LogP contribution in [0.15, 0.2) is 12.3 Å². The van der Waals surface area contributed by atoms with Gasteiger partial charge in [0, 0.05) is 31.8 Å². The van der Waals surface area contributed by atoms with E-state index in [1.807, 2.05) is 17.8 Å². The van der Waals surface area contributed by atoms with Gasteiger partial charge in [0.15, 0.2) is 0 Å². The van der Waals surface area contributed by atoms with Crippen LogP contribution in [0.5, 0.6) is 0 Å². The smallest absolute Gasteiger partial charge is 0.133 e. The van der Waals surface area contributed by atoms with Gasteiger partial charge in [0.2, 0.25) is 0 Å². The fourth-order valence-electron chi connectivity index (χ4n) is 1.83. The Bertz CT molecular complexity index is 341. The van der Waals surface area contributed by atoms with E-state index in [1.165, 1.54) is 0 Å². The van der Waals surface area contributed by atoms with E-state index < -0.39 is 0 Å². The summed E-state index contributed by atoms with van der Waals surface area (Å²) < 4.78 is 1.83. The van der Waals surface area contributed by atoms with Crippen molar-refractivity contribution in [1.29, 1.82) is 0 Å². The fraction of sp³-hybridized carbons (Fsp3) is 0.636. The molecule has 82 valence electrons. The van der Waals surface area contributed by atoms with E-state index in [0.29, 0.717) is 18.1 Å². The second-order valence-electron chi connectivity index (χ2n) is 4.21. The molecule has 2 heterocycles. The Morgan fingerprint density at radius 2 is 2.47 bits per heavy atom. The molecule has 1 aromatic heterocycles. The molecule has 15 heavy (non-hydrogen) atoms. The van der Waals surface area contributed by atoms with Crippen molar-refractivity contribution in [1.82, 2.24) is 15.1 Å². The van der Waals surface area contributed by atoms with Gasteiger partial charge in [0.25, 0.3) is 0 Å².